The highest BCUT2D eigenvalue weighted by molar-refractivity contribution is 7.91. The molecule has 0 unspecified atom stereocenters. The van der Waals surface area contributed by atoms with Crippen molar-refractivity contribution >= 4 is 103 Å². The maximum Gasteiger partial charge on any atom is 0.282 e. The molecule has 0 saturated carbocycles. The number of benzene rings is 4. The highest BCUT2D eigenvalue weighted by Gasteiger charge is 2.39. The molecule has 4 aromatic rings. The summed E-state index contributed by atoms with van der Waals surface area (Å²) in [5.41, 5.74) is 1.47. The molecule has 0 bridgehead atoms. The highest BCUT2D eigenvalue weighted by Crippen LogP contribution is 2.27. The fourth-order valence-corrected chi connectivity index (χ4v) is 7.11. The van der Waals surface area contributed by atoms with E-state index in [4.69, 9.17) is 23.2 Å². The Hall–Kier alpha value is -6.83. The van der Waals surface area contributed by atoms with Gasteiger partial charge in [-0.3, -0.25) is 28.8 Å². The van der Waals surface area contributed by atoms with Gasteiger partial charge in [0.15, 0.2) is 12.1 Å². The van der Waals surface area contributed by atoms with E-state index in [1.165, 1.54) is 74.5 Å². The molecule has 0 spiro atoms. The van der Waals surface area contributed by atoms with E-state index in [1.807, 2.05) is 0 Å². The average molecular weight is 858 g/mol. The Morgan fingerprint density at radius 3 is 1.36 bits per heavy atom. The zero-order valence-electron chi connectivity index (χ0n) is 30.8. The SMILES string of the molecule is CC1=NN(C(=O)CC(=O)Nc2cccc(Cl)c2)C(=O)[C@@H]1N=Nc1ccc(S(=O)(=O)c2ccc(N=N[C@H]3C(=O)N(C(=O)CC(=O)Nc4cccc(Cl)c4)N=C3C)cc2)cc1. The molecule has 2 N–H and O–H groups in total. The van der Waals surface area contributed by atoms with E-state index in [0.29, 0.717) is 31.4 Å². The van der Waals surface area contributed by atoms with Gasteiger partial charge in [0.2, 0.25) is 21.7 Å². The third kappa shape index (κ3) is 10.0. The number of halogens is 2. The van der Waals surface area contributed by atoms with Crippen LogP contribution in [0.25, 0.3) is 0 Å². The van der Waals surface area contributed by atoms with E-state index < -0.39 is 70.2 Å². The molecule has 0 aromatic heterocycles. The molecule has 59 heavy (non-hydrogen) atoms. The number of carbonyl (C=O) groups is 6. The Kier molecular flexibility index (Phi) is 12.6. The number of amides is 6. The lowest BCUT2D eigenvalue weighted by Gasteiger charge is -2.11. The Morgan fingerprint density at radius 1 is 0.627 bits per heavy atom. The Bertz CT molecular complexity index is 2440. The third-order valence-corrected chi connectivity index (χ3v) is 10.6. The molecule has 2 aliphatic rings. The summed E-state index contributed by atoms with van der Waals surface area (Å²) >= 11 is 11.8. The maximum atomic E-state index is 13.4. The molecule has 0 radical (unpaired) electrons. The number of sulfone groups is 1. The normalized spacial score (nSPS) is 16.7. The van der Waals surface area contributed by atoms with Crippen molar-refractivity contribution in [1.82, 2.24) is 10.0 Å². The van der Waals surface area contributed by atoms with Gasteiger partial charge in [0.05, 0.1) is 32.6 Å². The predicted octanol–water partition coefficient (Wildman–Crippen LogP) is 6.28. The van der Waals surface area contributed by atoms with Crippen LogP contribution in [-0.4, -0.2) is 77.4 Å². The second kappa shape index (κ2) is 17.8. The smallest absolute Gasteiger partial charge is 0.282 e. The highest BCUT2D eigenvalue weighted by atomic mass is 35.5. The van der Waals surface area contributed by atoms with Crippen molar-refractivity contribution in [2.75, 3.05) is 10.6 Å². The minimum Gasteiger partial charge on any atom is -0.326 e. The van der Waals surface area contributed by atoms with Gasteiger partial charge in [0, 0.05) is 21.4 Å². The quantitative estimate of drug-likeness (QED) is 0.121. The fraction of sp³-hybridized carbons (Fsp3) is 0.158. The number of rotatable bonds is 12. The van der Waals surface area contributed by atoms with Crippen LogP contribution in [0, 0.1) is 0 Å². The Labute approximate surface area is 345 Å². The average Bonchev–Trinajstić information content (AvgIpc) is 3.64. The second-order valence-electron chi connectivity index (χ2n) is 12.8. The van der Waals surface area contributed by atoms with Gasteiger partial charge in [-0.2, -0.15) is 40.7 Å². The van der Waals surface area contributed by atoms with Crippen LogP contribution in [0.15, 0.2) is 138 Å². The number of nitrogens with zero attached hydrogens (tertiary/aromatic N) is 8. The van der Waals surface area contributed by atoms with Gasteiger partial charge in [-0.15, -0.1) is 0 Å². The number of hydrogen-bond donors (Lipinski definition) is 2. The van der Waals surface area contributed by atoms with Gasteiger partial charge in [0.1, 0.15) is 12.8 Å². The number of imide groups is 2. The van der Waals surface area contributed by atoms with Crippen LogP contribution < -0.4 is 10.6 Å². The molecule has 0 fully saturated rings. The number of hydrogen-bond acceptors (Lipinski definition) is 14. The van der Waals surface area contributed by atoms with Crippen LogP contribution in [0.3, 0.4) is 0 Å². The Balaban J connectivity index is 1.02. The molecule has 18 nitrogen and oxygen atoms in total. The molecule has 300 valence electrons. The van der Waals surface area contributed by atoms with Crippen molar-refractivity contribution in [3.05, 3.63) is 107 Å². The van der Waals surface area contributed by atoms with Gasteiger partial charge < -0.3 is 10.6 Å². The molecular weight excluding hydrogens is 827 g/mol. The van der Waals surface area contributed by atoms with Crippen LogP contribution in [0.4, 0.5) is 22.7 Å². The van der Waals surface area contributed by atoms with Crippen molar-refractivity contribution in [1.29, 1.82) is 0 Å². The topological polar surface area (TPSA) is 241 Å². The van der Waals surface area contributed by atoms with Crippen LogP contribution in [0.1, 0.15) is 26.7 Å². The molecule has 2 aliphatic heterocycles. The van der Waals surface area contributed by atoms with E-state index in [2.05, 4.69) is 41.3 Å². The van der Waals surface area contributed by atoms with Crippen LogP contribution >= 0.6 is 23.2 Å². The zero-order valence-corrected chi connectivity index (χ0v) is 33.1. The lowest BCUT2D eigenvalue weighted by atomic mass is 10.2. The zero-order chi connectivity index (χ0) is 42.4. The summed E-state index contributed by atoms with van der Waals surface area (Å²) in [6, 6.07) is 20.8. The lowest BCUT2D eigenvalue weighted by molar-refractivity contribution is -0.146. The molecular formula is C38H30Cl2N10O8S. The minimum absolute atomic E-state index is 0.0808. The molecule has 21 heteroatoms. The van der Waals surface area contributed by atoms with Gasteiger partial charge in [0.25, 0.3) is 23.6 Å². The summed E-state index contributed by atoms with van der Waals surface area (Å²) in [4.78, 5) is 75.9. The van der Waals surface area contributed by atoms with Gasteiger partial charge in [-0.1, -0.05) is 35.3 Å². The van der Waals surface area contributed by atoms with Gasteiger partial charge in [-0.05, 0) is 98.8 Å². The van der Waals surface area contributed by atoms with Crippen molar-refractivity contribution in [2.45, 2.75) is 48.6 Å². The number of anilines is 2. The monoisotopic (exact) mass is 856 g/mol. The first-order chi connectivity index (χ1) is 28.1. The first kappa shape index (κ1) is 41.8. The molecule has 0 aliphatic carbocycles. The largest absolute Gasteiger partial charge is 0.326 e. The number of hydrazone groups is 2. The number of carbonyl (C=O) groups excluding carboxylic acids is 6. The Morgan fingerprint density at radius 2 is 1.00 bits per heavy atom. The summed E-state index contributed by atoms with van der Waals surface area (Å²) in [5.74, 6) is -4.72. The van der Waals surface area contributed by atoms with Crippen molar-refractivity contribution in [3.63, 3.8) is 0 Å². The molecule has 6 amide bonds. The van der Waals surface area contributed by atoms with Crippen molar-refractivity contribution in [3.8, 4) is 0 Å². The molecule has 2 atom stereocenters. The van der Waals surface area contributed by atoms with E-state index in [-0.39, 0.29) is 32.6 Å². The summed E-state index contributed by atoms with van der Waals surface area (Å²) in [6.07, 6.45) is -1.34. The third-order valence-electron chi connectivity index (χ3n) is 8.38. The molecule has 4 aromatic carbocycles. The standard InChI is InChI=1S/C38H30Cl2N10O8S/c1-21-35(37(55)49(47-21)33(53)19-31(51)41-27-7-3-5-23(39)17-27)45-43-25-9-13-29(14-10-25)59(57,58)30-15-11-26(12-16-30)44-46-36-22(2)48-50(38(36)56)34(54)20-32(52)42-28-8-4-6-24(40)18-28/h3-18,35-36H,19-20H2,1-2H3,(H,41,51)(H,42,52)/t35-,36-/m1/s1. The maximum absolute atomic E-state index is 13.4. The number of nitrogens with one attached hydrogen (secondary N) is 2. The minimum atomic E-state index is -4.02. The first-order valence-electron chi connectivity index (χ1n) is 17.3. The summed E-state index contributed by atoms with van der Waals surface area (Å²) in [5, 5.41) is 30.9. The number of azo groups is 2. The van der Waals surface area contributed by atoms with E-state index in [9.17, 15) is 37.2 Å². The summed E-state index contributed by atoms with van der Waals surface area (Å²) in [7, 11) is -4.02. The van der Waals surface area contributed by atoms with Crippen LogP contribution in [0.5, 0.6) is 0 Å². The first-order valence-corrected chi connectivity index (χ1v) is 19.5. The van der Waals surface area contributed by atoms with Crippen LogP contribution in [-0.2, 0) is 38.6 Å². The fourth-order valence-electron chi connectivity index (χ4n) is 5.47. The van der Waals surface area contributed by atoms with Crippen molar-refractivity contribution < 1.29 is 37.2 Å². The molecule has 6 rings (SSSR count). The predicted molar refractivity (Wildman–Crippen MR) is 214 cm³/mol. The second-order valence-corrected chi connectivity index (χ2v) is 15.6. The van der Waals surface area contributed by atoms with E-state index >= 15 is 0 Å². The summed E-state index contributed by atoms with van der Waals surface area (Å²) < 4.78 is 26.8. The van der Waals surface area contributed by atoms with Gasteiger partial charge in [-0.25, -0.2) is 8.42 Å². The van der Waals surface area contributed by atoms with Crippen LogP contribution in [0.2, 0.25) is 10.0 Å². The molecule has 2 heterocycles. The molecule has 0 saturated heterocycles. The van der Waals surface area contributed by atoms with E-state index in [1.54, 1.807) is 36.4 Å². The lowest BCUT2D eigenvalue weighted by Crippen LogP contribution is -2.36. The summed E-state index contributed by atoms with van der Waals surface area (Å²) in [6.45, 7) is 2.94. The van der Waals surface area contributed by atoms with Gasteiger partial charge >= 0.3 is 0 Å². The van der Waals surface area contributed by atoms with Crippen molar-refractivity contribution in [2.24, 2.45) is 30.7 Å². The van der Waals surface area contributed by atoms with E-state index in [0.717, 1.165) is 0 Å².